The number of ether oxygens (including phenoxy) is 1. The van der Waals surface area contributed by atoms with Gasteiger partial charge in [-0.1, -0.05) is 6.07 Å². The van der Waals surface area contributed by atoms with Crippen molar-refractivity contribution in [2.75, 3.05) is 24.7 Å². The zero-order valence-electron chi connectivity index (χ0n) is 10.2. The maximum Gasteiger partial charge on any atom is 0.232 e. The van der Waals surface area contributed by atoms with Crippen LogP contribution < -0.4 is 4.90 Å². The van der Waals surface area contributed by atoms with Crippen LogP contribution in [0.25, 0.3) is 0 Å². The van der Waals surface area contributed by atoms with Gasteiger partial charge in [0, 0.05) is 18.8 Å². The highest BCUT2D eigenvalue weighted by Crippen LogP contribution is 2.31. The van der Waals surface area contributed by atoms with Gasteiger partial charge in [-0.3, -0.25) is 4.79 Å². The van der Waals surface area contributed by atoms with E-state index in [1.54, 1.807) is 11.0 Å². The van der Waals surface area contributed by atoms with Gasteiger partial charge in [-0.25, -0.2) is 4.39 Å². The molecular formula is C14H16FNO2. The van der Waals surface area contributed by atoms with E-state index in [4.69, 9.17) is 4.74 Å². The Morgan fingerprint density at radius 1 is 1.44 bits per heavy atom. The lowest BCUT2D eigenvalue weighted by Gasteiger charge is -2.26. The van der Waals surface area contributed by atoms with E-state index in [9.17, 15) is 9.18 Å². The quantitative estimate of drug-likeness (QED) is 0.763. The second-order valence-electron chi connectivity index (χ2n) is 4.93. The number of benzene rings is 1. The molecule has 1 amide bonds. The van der Waals surface area contributed by atoms with Gasteiger partial charge in [-0.05, 0) is 37.0 Å². The summed E-state index contributed by atoms with van der Waals surface area (Å²) in [7, 11) is 0. The topological polar surface area (TPSA) is 29.5 Å². The lowest BCUT2D eigenvalue weighted by molar-refractivity contribution is -0.126. The number of nitrogens with zero attached hydrogens (tertiary/aromatic N) is 1. The molecule has 2 heterocycles. The molecule has 2 aliphatic heterocycles. The van der Waals surface area contributed by atoms with Gasteiger partial charge in [-0.2, -0.15) is 0 Å². The predicted molar refractivity (Wildman–Crippen MR) is 66.0 cm³/mol. The molecule has 0 N–H and O–H groups in total. The summed E-state index contributed by atoms with van der Waals surface area (Å²) in [6, 6.07) is 4.69. The summed E-state index contributed by atoms with van der Waals surface area (Å²) in [5.74, 6) is -0.264. The number of carbonyl (C=O) groups is 1. The van der Waals surface area contributed by atoms with Crippen LogP contribution in [0.15, 0.2) is 18.2 Å². The van der Waals surface area contributed by atoms with Gasteiger partial charge in [-0.15, -0.1) is 0 Å². The summed E-state index contributed by atoms with van der Waals surface area (Å²) < 4.78 is 18.6. The first-order chi connectivity index (χ1) is 8.75. The van der Waals surface area contributed by atoms with Gasteiger partial charge in [0.2, 0.25) is 5.91 Å². The van der Waals surface area contributed by atoms with E-state index in [0.29, 0.717) is 13.2 Å². The predicted octanol–water partition coefficient (Wildman–Crippen LogP) is 2.14. The van der Waals surface area contributed by atoms with Crippen LogP contribution in [0.1, 0.15) is 18.4 Å². The van der Waals surface area contributed by atoms with Crippen molar-refractivity contribution in [3.63, 3.8) is 0 Å². The molecule has 1 aromatic carbocycles. The maximum atomic E-state index is 13.3. The van der Waals surface area contributed by atoms with Crippen molar-refractivity contribution in [1.82, 2.24) is 0 Å². The first kappa shape index (κ1) is 11.7. The molecule has 1 atom stereocenters. The molecule has 18 heavy (non-hydrogen) atoms. The van der Waals surface area contributed by atoms with Crippen molar-refractivity contribution in [2.24, 2.45) is 5.92 Å². The summed E-state index contributed by atoms with van der Waals surface area (Å²) in [6.45, 7) is 1.91. The van der Waals surface area contributed by atoms with E-state index >= 15 is 0 Å². The van der Waals surface area contributed by atoms with Crippen molar-refractivity contribution >= 4 is 11.6 Å². The molecule has 0 radical (unpaired) electrons. The maximum absolute atomic E-state index is 13.3. The minimum Gasteiger partial charge on any atom is -0.381 e. The normalized spacial score (nSPS) is 22.9. The number of hydrogen-bond donors (Lipinski definition) is 0. The Morgan fingerprint density at radius 3 is 3.11 bits per heavy atom. The first-order valence-electron chi connectivity index (χ1n) is 6.43. The van der Waals surface area contributed by atoms with Crippen LogP contribution in [-0.4, -0.2) is 25.7 Å². The average Bonchev–Trinajstić information content (AvgIpc) is 2.82. The fraction of sp³-hybridized carbons (Fsp3) is 0.500. The van der Waals surface area contributed by atoms with Gasteiger partial charge in [0.1, 0.15) is 5.82 Å². The lowest BCUT2D eigenvalue weighted by Crippen LogP contribution is -2.38. The van der Waals surface area contributed by atoms with Gasteiger partial charge < -0.3 is 9.64 Å². The molecule has 0 saturated carbocycles. The molecule has 1 saturated heterocycles. The number of rotatable bonds is 1. The zero-order chi connectivity index (χ0) is 12.5. The van der Waals surface area contributed by atoms with Crippen molar-refractivity contribution in [3.8, 4) is 0 Å². The van der Waals surface area contributed by atoms with Crippen LogP contribution in [-0.2, 0) is 16.0 Å². The standard InChI is InChI=1S/C14H16FNO2/c15-12-4-3-10-5-6-16(13(10)8-12)14(17)11-2-1-7-18-9-11/h3-4,8,11H,1-2,5-7,9H2. The molecule has 3 nitrogen and oxygen atoms in total. The van der Waals surface area contributed by atoms with E-state index in [-0.39, 0.29) is 17.6 Å². The molecule has 0 aromatic heterocycles. The van der Waals surface area contributed by atoms with Crippen LogP contribution >= 0.6 is 0 Å². The fourth-order valence-corrected chi connectivity index (χ4v) is 2.74. The number of carbonyl (C=O) groups excluding carboxylic acids is 1. The fourth-order valence-electron chi connectivity index (χ4n) is 2.74. The summed E-state index contributed by atoms with van der Waals surface area (Å²) in [4.78, 5) is 14.1. The van der Waals surface area contributed by atoms with Crippen LogP contribution in [0, 0.1) is 11.7 Å². The Balaban J connectivity index is 1.82. The Hall–Kier alpha value is -1.42. The molecule has 1 aromatic rings. The van der Waals surface area contributed by atoms with E-state index in [1.807, 2.05) is 0 Å². The zero-order valence-corrected chi connectivity index (χ0v) is 10.2. The van der Waals surface area contributed by atoms with Gasteiger partial charge in [0.15, 0.2) is 0 Å². The van der Waals surface area contributed by atoms with Crippen molar-refractivity contribution in [3.05, 3.63) is 29.6 Å². The third-order valence-corrected chi connectivity index (χ3v) is 3.72. The summed E-state index contributed by atoms with van der Waals surface area (Å²) in [5, 5.41) is 0. The van der Waals surface area contributed by atoms with Crippen LogP contribution in [0.3, 0.4) is 0 Å². The number of halogens is 1. The largest absolute Gasteiger partial charge is 0.381 e. The van der Waals surface area contributed by atoms with Crippen LogP contribution in [0.5, 0.6) is 0 Å². The van der Waals surface area contributed by atoms with E-state index < -0.39 is 0 Å². The Bertz CT molecular complexity index is 469. The van der Waals surface area contributed by atoms with Crippen LogP contribution in [0.4, 0.5) is 10.1 Å². The third-order valence-electron chi connectivity index (χ3n) is 3.72. The third kappa shape index (κ3) is 2.01. The molecular weight excluding hydrogens is 233 g/mol. The molecule has 1 fully saturated rings. The molecule has 96 valence electrons. The van der Waals surface area contributed by atoms with Crippen LogP contribution in [0.2, 0.25) is 0 Å². The molecule has 0 spiro atoms. The van der Waals surface area contributed by atoms with Crippen molar-refractivity contribution < 1.29 is 13.9 Å². The van der Waals surface area contributed by atoms with E-state index in [1.165, 1.54) is 12.1 Å². The SMILES string of the molecule is O=C(C1CCCOC1)N1CCc2ccc(F)cc21. The lowest BCUT2D eigenvalue weighted by atomic mass is 10.0. The Labute approximate surface area is 106 Å². The second kappa shape index (κ2) is 4.69. The highest BCUT2D eigenvalue weighted by Gasteiger charge is 2.31. The summed E-state index contributed by atoms with van der Waals surface area (Å²) in [6.07, 6.45) is 2.62. The van der Waals surface area contributed by atoms with Gasteiger partial charge in [0.25, 0.3) is 0 Å². The van der Waals surface area contributed by atoms with Crippen molar-refractivity contribution in [1.29, 1.82) is 0 Å². The smallest absolute Gasteiger partial charge is 0.232 e. The molecule has 1 unspecified atom stereocenters. The number of hydrogen-bond acceptors (Lipinski definition) is 2. The van der Waals surface area contributed by atoms with E-state index in [0.717, 1.165) is 37.1 Å². The minimum absolute atomic E-state index is 0.0621. The molecule has 0 bridgehead atoms. The molecule has 4 heteroatoms. The Morgan fingerprint density at radius 2 is 2.33 bits per heavy atom. The number of fused-ring (bicyclic) bond motifs is 1. The monoisotopic (exact) mass is 249 g/mol. The van der Waals surface area contributed by atoms with E-state index in [2.05, 4.69) is 0 Å². The molecule has 2 aliphatic rings. The van der Waals surface area contributed by atoms with Gasteiger partial charge in [0.05, 0.1) is 12.5 Å². The first-order valence-corrected chi connectivity index (χ1v) is 6.43. The number of anilines is 1. The average molecular weight is 249 g/mol. The highest BCUT2D eigenvalue weighted by molar-refractivity contribution is 5.97. The summed E-state index contributed by atoms with van der Waals surface area (Å²) >= 11 is 0. The highest BCUT2D eigenvalue weighted by atomic mass is 19.1. The molecule has 0 aliphatic carbocycles. The summed E-state index contributed by atoms with van der Waals surface area (Å²) in [5.41, 5.74) is 1.80. The number of amides is 1. The van der Waals surface area contributed by atoms with Crippen molar-refractivity contribution in [2.45, 2.75) is 19.3 Å². The Kier molecular flexibility index (Phi) is 3.04. The minimum atomic E-state index is -0.284. The second-order valence-corrected chi connectivity index (χ2v) is 4.93. The molecule has 3 rings (SSSR count). The van der Waals surface area contributed by atoms with Gasteiger partial charge >= 0.3 is 0 Å².